The number of rotatable bonds is 4. The number of methoxy groups -OCH3 is 1. The molecule has 0 radical (unpaired) electrons. The summed E-state index contributed by atoms with van der Waals surface area (Å²) in [7, 11) is -2.20. The molecule has 3 N–H and O–H groups in total. The topological polar surface area (TPSA) is 103 Å². The molecule has 23 heavy (non-hydrogen) atoms. The van der Waals surface area contributed by atoms with E-state index in [1.807, 2.05) is 24.3 Å². The third kappa shape index (κ3) is 3.21. The maximum Gasteiger partial charge on any atom is 0.344 e. The van der Waals surface area contributed by atoms with Gasteiger partial charge in [-0.15, -0.1) is 4.40 Å². The van der Waals surface area contributed by atoms with Gasteiger partial charge in [-0.3, -0.25) is 4.72 Å². The van der Waals surface area contributed by atoms with Gasteiger partial charge in [-0.1, -0.05) is 18.2 Å². The van der Waals surface area contributed by atoms with Gasteiger partial charge in [0.25, 0.3) is 0 Å². The number of amidine groups is 1. The van der Waals surface area contributed by atoms with E-state index in [2.05, 4.69) is 9.12 Å². The van der Waals surface area contributed by atoms with Crippen LogP contribution in [0.2, 0.25) is 0 Å². The molecule has 120 valence electrons. The van der Waals surface area contributed by atoms with Crippen molar-refractivity contribution in [1.29, 1.82) is 0 Å². The van der Waals surface area contributed by atoms with E-state index in [1.54, 1.807) is 25.3 Å². The molecule has 8 heteroatoms. The fraction of sp³-hybridized carbons (Fsp3) is 0.133. The summed E-state index contributed by atoms with van der Waals surface area (Å²) in [5.74, 6) is 1.09. The molecule has 0 fully saturated rings. The zero-order chi connectivity index (χ0) is 16.4. The lowest BCUT2D eigenvalue weighted by atomic mass is 10.1. The summed E-state index contributed by atoms with van der Waals surface area (Å²) < 4.78 is 39.8. The first-order valence-corrected chi connectivity index (χ1v) is 8.20. The second kappa shape index (κ2) is 5.81. The molecule has 1 aliphatic rings. The van der Waals surface area contributed by atoms with E-state index in [0.29, 0.717) is 17.0 Å². The molecule has 0 bridgehead atoms. The molecule has 0 spiro atoms. The van der Waals surface area contributed by atoms with Crippen molar-refractivity contribution in [3.8, 4) is 11.5 Å². The molecule has 0 atom stereocenters. The summed E-state index contributed by atoms with van der Waals surface area (Å²) in [6.07, 6.45) is 0. The van der Waals surface area contributed by atoms with Crippen molar-refractivity contribution in [3.63, 3.8) is 0 Å². The quantitative estimate of drug-likeness (QED) is 0.885. The van der Waals surface area contributed by atoms with E-state index in [9.17, 15) is 8.42 Å². The minimum atomic E-state index is -3.80. The van der Waals surface area contributed by atoms with Crippen LogP contribution in [0.4, 0.5) is 5.69 Å². The van der Waals surface area contributed by atoms with Crippen LogP contribution in [-0.2, 0) is 16.8 Å². The number of anilines is 1. The van der Waals surface area contributed by atoms with Crippen LogP contribution >= 0.6 is 0 Å². The normalized spacial score (nSPS) is 15.1. The molecule has 0 saturated carbocycles. The van der Waals surface area contributed by atoms with Crippen LogP contribution in [0.1, 0.15) is 11.1 Å². The van der Waals surface area contributed by atoms with Gasteiger partial charge in [0.05, 0.1) is 18.4 Å². The average molecular weight is 333 g/mol. The third-order valence-corrected chi connectivity index (χ3v) is 4.18. The van der Waals surface area contributed by atoms with Crippen LogP contribution in [0.3, 0.4) is 0 Å². The highest BCUT2D eigenvalue weighted by atomic mass is 32.2. The van der Waals surface area contributed by atoms with E-state index in [4.69, 9.17) is 15.2 Å². The Balaban J connectivity index is 1.88. The van der Waals surface area contributed by atoms with Gasteiger partial charge in [0.15, 0.2) is 5.84 Å². The Kier molecular flexibility index (Phi) is 3.83. The highest BCUT2D eigenvalue weighted by Crippen LogP contribution is 2.31. The van der Waals surface area contributed by atoms with Crippen LogP contribution in [0.5, 0.6) is 11.5 Å². The SMILES string of the molecule is COc1cccc(COc2cccc3c2C(N)=NS(=O)(=O)N3)c1. The summed E-state index contributed by atoms with van der Waals surface area (Å²) in [5.41, 5.74) is 7.46. The first-order chi connectivity index (χ1) is 11.0. The van der Waals surface area contributed by atoms with E-state index in [-0.39, 0.29) is 12.4 Å². The summed E-state index contributed by atoms with van der Waals surface area (Å²) in [6.45, 7) is 0.285. The first kappa shape index (κ1) is 15.2. The second-order valence-corrected chi connectivity index (χ2v) is 6.21. The van der Waals surface area contributed by atoms with E-state index in [1.165, 1.54) is 0 Å². The molecule has 0 saturated heterocycles. The van der Waals surface area contributed by atoms with Crippen molar-refractivity contribution in [2.45, 2.75) is 6.61 Å². The van der Waals surface area contributed by atoms with Crippen molar-refractivity contribution in [1.82, 2.24) is 0 Å². The molecule has 7 nitrogen and oxygen atoms in total. The van der Waals surface area contributed by atoms with E-state index < -0.39 is 10.2 Å². The van der Waals surface area contributed by atoms with Gasteiger partial charge >= 0.3 is 10.2 Å². The lowest BCUT2D eigenvalue weighted by Crippen LogP contribution is -2.26. The standard InChI is InChI=1S/C15H15N3O4S/c1-21-11-5-2-4-10(8-11)9-22-13-7-3-6-12-14(13)15(16)18-23(19,20)17-12/h2-8,17H,9H2,1H3,(H2,16,18). The predicted molar refractivity (Wildman–Crippen MR) is 87.0 cm³/mol. The van der Waals surface area contributed by atoms with Gasteiger partial charge in [0.1, 0.15) is 18.1 Å². The van der Waals surface area contributed by atoms with E-state index >= 15 is 0 Å². The number of nitrogens with two attached hydrogens (primary N) is 1. The van der Waals surface area contributed by atoms with Crippen LogP contribution < -0.4 is 19.9 Å². The number of hydrogen-bond donors (Lipinski definition) is 2. The summed E-state index contributed by atoms with van der Waals surface area (Å²) in [6, 6.07) is 12.5. The maximum atomic E-state index is 11.6. The van der Waals surface area contributed by atoms with Crippen LogP contribution in [0.15, 0.2) is 46.9 Å². The molecule has 0 unspecified atom stereocenters. The molecule has 1 aliphatic heterocycles. The number of benzene rings is 2. The van der Waals surface area contributed by atoms with E-state index in [0.717, 1.165) is 11.3 Å². The van der Waals surface area contributed by atoms with Crippen LogP contribution in [-0.4, -0.2) is 21.4 Å². The van der Waals surface area contributed by atoms with Gasteiger partial charge in [-0.25, -0.2) is 0 Å². The molecule has 0 amide bonds. The number of fused-ring (bicyclic) bond motifs is 1. The Hall–Kier alpha value is -2.74. The average Bonchev–Trinajstić information content (AvgIpc) is 2.51. The van der Waals surface area contributed by atoms with Crippen molar-refractivity contribution < 1.29 is 17.9 Å². The molecular weight excluding hydrogens is 318 g/mol. The first-order valence-electron chi connectivity index (χ1n) is 6.76. The Morgan fingerprint density at radius 3 is 2.78 bits per heavy atom. The lowest BCUT2D eigenvalue weighted by Gasteiger charge is -2.19. The van der Waals surface area contributed by atoms with Gasteiger partial charge in [-0.2, -0.15) is 8.42 Å². The van der Waals surface area contributed by atoms with Crippen molar-refractivity contribution in [3.05, 3.63) is 53.6 Å². The van der Waals surface area contributed by atoms with Gasteiger partial charge in [0, 0.05) is 0 Å². The Morgan fingerprint density at radius 1 is 1.22 bits per heavy atom. The number of nitrogens with zero attached hydrogens (tertiary/aromatic N) is 1. The molecule has 0 aromatic heterocycles. The van der Waals surface area contributed by atoms with Gasteiger partial charge < -0.3 is 15.2 Å². The van der Waals surface area contributed by atoms with Crippen LogP contribution in [0.25, 0.3) is 0 Å². The predicted octanol–water partition coefficient (Wildman–Crippen LogP) is 1.65. The third-order valence-electron chi connectivity index (χ3n) is 3.27. The molecule has 2 aromatic carbocycles. The Labute approximate surface area is 133 Å². The monoisotopic (exact) mass is 333 g/mol. The highest BCUT2D eigenvalue weighted by molar-refractivity contribution is 7.91. The van der Waals surface area contributed by atoms with Gasteiger partial charge in [-0.05, 0) is 29.8 Å². The minimum Gasteiger partial charge on any atom is -0.497 e. The Bertz CT molecular complexity index is 878. The van der Waals surface area contributed by atoms with Crippen molar-refractivity contribution in [2.24, 2.45) is 10.1 Å². The highest BCUT2D eigenvalue weighted by Gasteiger charge is 2.24. The summed E-state index contributed by atoms with van der Waals surface area (Å²) in [4.78, 5) is 0. The van der Waals surface area contributed by atoms with Gasteiger partial charge in [0.2, 0.25) is 0 Å². The largest absolute Gasteiger partial charge is 0.497 e. The maximum absolute atomic E-state index is 11.6. The minimum absolute atomic E-state index is 0.0972. The molecule has 2 aromatic rings. The number of nitrogens with one attached hydrogen (secondary N) is 1. The molecular formula is C15H15N3O4S. The number of hydrogen-bond acceptors (Lipinski definition) is 5. The van der Waals surface area contributed by atoms with Crippen molar-refractivity contribution in [2.75, 3.05) is 11.8 Å². The second-order valence-electron chi connectivity index (χ2n) is 4.87. The number of ether oxygens (including phenoxy) is 2. The molecule has 3 rings (SSSR count). The fourth-order valence-corrected chi connectivity index (χ4v) is 3.10. The zero-order valence-corrected chi connectivity index (χ0v) is 13.1. The zero-order valence-electron chi connectivity index (χ0n) is 12.3. The summed E-state index contributed by atoms with van der Waals surface area (Å²) in [5, 5.41) is 0. The van der Waals surface area contributed by atoms with Crippen molar-refractivity contribution >= 4 is 21.7 Å². The van der Waals surface area contributed by atoms with Crippen LogP contribution in [0, 0.1) is 0 Å². The molecule has 1 heterocycles. The lowest BCUT2D eigenvalue weighted by molar-refractivity contribution is 0.305. The summed E-state index contributed by atoms with van der Waals surface area (Å²) >= 11 is 0. The fourth-order valence-electron chi connectivity index (χ4n) is 2.26. The Morgan fingerprint density at radius 2 is 2.00 bits per heavy atom. The smallest absolute Gasteiger partial charge is 0.344 e. The molecule has 0 aliphatic carbocycles.